The Morgan fingerprint density at radius 1 is 1.07 bits per heavy atom. The van der Waals surface area contributed by atoms with Crippen molar-refractivity contribution in [3.8, 4) is 11.4 Å². The van der Waals surface area contributed by atoms with Gasteiger partial charge in [0, 0.05) is 13.1 Å². The zero-order chi connectivity index (χ0) is 19.7. The molecule has 0 radical (unpaired) electrons. The van der Waals surface area contributed by atoms with E-state index < -0.39 is 15.1 Å². The number of benzene rings is 2. The van der Waals surface area contributed by atoms with Crippen LogP contribution in [0.5, 0.6) is 5.75 Å². The summed E-state index contributed by atoms with van der Waals surface area (Å²) in [5.41, 5.74) is 0.925. The molecule has 1 amide bonds. The minimum Gasteiger partial charge on any atom is -0.497 e. The zero-order valence-electron chi connectivity index (χ0n) is 15.1. The maximum absolute atomic E-state index is 12.7. The van der Waals surface area contributed by atoms with Gasteiger partial charge < -0.3 is 9.64 Å². The van der Waals surface area contributed by atoms with Crippen molar-refractivity contribution in [2.45, 2.75) is 10.1 Å². The first-order valence-corrected chi connectivity index (χ1v) is 10.2. The molecule has 9 heteroatoms. The molecule has 0 atom stereocenters. The molecule has 1 aromatic heterocycles. The smallest absolute Gasteiger partial charge is 0.276 e. The molecular formula is C19H18N4O4S. The standard InChI is InChI=1S/C19H18N4O4S/c1-27-15-7-9-16(10-8-15)28(25,26)17-12-22(13-17)19(24)18-11-20-23(21-18)14-5-3-2-4-6-14/h2-11,17H,12-13H2,1H3. The third kappa shape index (κ3) is 3.24. The monoisotopic (exact) mass is 398 g/mol. The maximum atomic E-state index is 12.7. The fourth-order valence-electron chi connectivity index (χ4n) is 2.97. The minimum absolute atomic E-state index is 0.130. The fraction of sp³-hybridized carbons (Fsp3) is 0.211. The van der Waals surface area contributed by atoms with Gasteiger partial charge in [-0.25, -0.2) is 8.42 Å². The number of sulfone groups is 1. The van der Waals surface area contributed by atoms with Crippen molar-refractivity contribution < 1.29 is 17.9 Å². The van der Waals surface area contributed by atoms with Crippen molar-refractivity contribution in [1.29, 1.82) is 0 Å². The molecule has 0 bridgehead atoms. The number of carbonyl (C=O) groups is 1. The molecule has 0 unspecified atom stereocenters. The molecule has 0 saturated carbocycles. The van der Waals surface area contributed by atoms with Crippen molar-refractivity contribution in [2.75, 3.05) is 20.2 Å². The van der Waals surface area contributed by atoms with Crippen LogP contribution in [-0.2, 0) is 9.84 Å². The van der Waals surface area contributed by atoms with Crippen molar-refractivity contribution in [3.05, 3.63) is 66.5 Å². The zero-order valence-corrected chi connectivity index (χ0v) is 15.9. The summed E-state index contributed by atoms with van der Waals surface area (Å²) in [6, 6.07) is 15.5. The quantitative estimate of drug-likeness (QED) is 0.648. The van der Waals surface area contributed by atoms with E-state index in [0.29, 0.717) is 5.75 Å². The van der Waals surface area contributed by atoms with Crippen LogP contribution in [0.15, 0.2) is 65.7 Å². The average molecular weight is 398 g/mol. The number of methoxy groups -OCH3 is 1. The van der Waals surface area contributed by atoms with Crippen LogP contribution in [0.25, 0.3) is 5.69 Å². The lowest BCUT2D eigenvalue weighted by Crippen LogP contribution is -2.56. The Hall–Kier alpha value is -3.20. The number of nitrogens with zero attached hydrogens (tertiary/aromatic N) is 4. The van der Waals surface area contributed by atoms with Crippen LogP contribution in [0.3, 0.4) is 0 Å². The van der Waals surface area contributed by atoms with E-state index in [1.54, 1.807) is 12.1 Å². The highest BCUT2D eigenvalue weighted by Gasteiger charge is 2.41. The molecule has 0 aliphatic carbocycles. The first kappa shape index (κ1) is 18.2. The SMILES string of the molecule is COc1ccc(S(=O)(=O)C2CN(C(=O)c3cnn(-c4ccccc4)n3)C2)cc1. The Balaban J connectivity index is 1.43. The number of amides is 1. The fourth-order valence-corrected chi connectivity index (χ4v) is 4.62. The predicted molar refractivity (Wildman–Crippen MR) is 101 cm³/mol. The van der Waals surface area contributed by atoms with Gasteiger partial charge in [0.25, 0.3) is 5.91 Å². The van der Waals surface area contributed by atoms with Gasteiger partial charge >= 0.3 is 0 Å². The number of carbonyl (C=O) groups excluding carboxylic acids is 1. The van der Waals surface area contributed by atoms with E-state index in [4.69, 9.17) is 4.74 Å². The molecule has 2 heterocycles. The van der Waals surface area contributed by atoms with E-state index >= 15 is 0 Å². The third-order valence-electron chi connectivity index (χ3n) is 4.66. The second-order valence-electron chi connectivity index (χ2n) is 6.41. The van der Waals surface area contributed by atoms with Gasteiger partial charge in [-0.2, -0.15) is 9.90 Å². The molecule has 0 spiro atoms. The van der Waals surface area contributed by atoms with Crippen molar-refractivity contribution in [1.82, 2.24) is 19.9 Å². The molecule has 1 aliphatic heterocycles. The molecule has 1 aliphatic rings. The number of ether oxygens (including phenoxy) is 1. The largest absolute Gasteiger partial charge is 0.497 e. The average Bonchev–Trinajstić information content (AvgIpc) is 3.17. The van der Waals surface area contributed by atoms with Crippen LogP contribution in [-0.4, -0.2) is 59.7 Å². The highest BCUT2D eigenvalue weighted by Crippen LogP contribution is 2.26. The van der Waals surface area contributed by atoms with E-state index in [2.05, 4.69) is 10.2 Å². The molecule has 4 rings (SSSR count). The highest BCUT2D eigenvalue weighted by molar-refractivity contribution is 7.92. The lowest BCUT2D eigenvalue weighted by molar-refractivity contribution is 0.0652. The van der Waals surface area contributed by atoms with Gasteiger partial charge in [0.15, 0.2) is 15.5 Å². The Morgan fingerprint density at radius 2 is 1.75 bits per heavy atom. The Morgan fingerprint density at radius 3 is 2.39 bits per heavy atom. The van der Waals surface area contributed by atoms with Crippen LogP contribution >= 0.6 is 0 Å². The van der Waals surface area contributed by atoms with Crippen molar-refractivity contribution in [3.63, 3.8) is 0 Å². The first-order chi connectivity index (χ1) is 13.5. The molecule has 0 N–H and O–H groups in total. The van der Waals surface area contributed by atoms with Crippen LogP contribution in [0.4, 0.5) is 0 Å². The van der Waals surface area contributed by atoms with Crippen LogP contribution in [0.1, 0.15) is 10.5 Å². The number of aromatic nitrogens is 3. The summed E-state index contributed by atoms with van der Waals surface area (Å²) in [7, 11) is -1.98. The molecule has 28 heavy (non-hydrogen) atoms. The van der Waals surface area contributed by atoms with Gasteiger partial charge in [-0.3, -0.25) is 4.79 Å². The summed E-state index contributed by atoms with van der Waals surface area (Å²) < 4.78 is 30.4. The summed E-state index contributed by atoms with van der Waals surface area (Å²) in [4.78, 5) is 15.6. The predicted octanol–water partition coefficient (Wildman–Crippen LogP) is 1.57. The van der Waals surface area contributed by atoms with E-state index in [1.165, 1.54) is 35.1 Å². The summed E-state index contributed by atoms with van der Waals surface area (Å²) >= 11 is 0. The third-order valence-corrected chi connectivity index (χ3v) is 6.77. The lowest BCUT2D eigenvalue weighted by Gasteiger charge is -2.38. The number of para-hydroxylation sites is 1. The van der Waals surface area contributed by atoms with E-state index in [1.807, 2.05) is 30.3 Å². The second kappa shape index (κ2) is 7.08. The van der Waals surface area contributed by atoms with Crippen LogP contribution < -0.4 is 4.74 Å². The van der Waals surface area contributed by atoms with E-state index in [9.17, 15) is 13.2 Å². The Labute approximate surface area is 162 Å². The molecule has 1 saturated heterocycles. The van der Waals surface area contributed by atoms with Crippen LogP contribution in [0.2, 0.25) is 0 Å². The summed E-state index contributed by atoms with van der Waals surface area (Å²) in [6.45, 7) is 0.261. The minimum atomic E-state index is -3.50. The first-order valence-electron chi connectivity index (χ1n) is 8.64. The van der Waals surface area contributed by atoms with Crippen molar-refractivity contribution in [2.24, 2.45) is 0 Å². The van der Waals surface area contributed by atoms with Gasteiger partial charge in [0.2, 0.25) is 0 Å². The molecule has 2 aromatic carbocycles. The van der Waals surface area contributed by atoms with Gasteiger partial charge in [-0.05, 0) is 36.4 Å². The van der Waals surface area contributed by atoms with Gasteiger partial charge in [-0.1, -0.05) is 18.2 Å². The molecule has 1 fully saturated rings. The normalized spacial score (nSPS) is 14.5. The van der Waals surface area contributed by atoms with E-state index in [0.717, 1.165) is 5.69 Å². The van der Waals surface area contributed by atoms with Crippen LogP contribution in [0, 0.1) is 0 Å². The number of hydrogen-bond acceptors (Lipinski definition) is 6. The second-order valence-corrected chi connectivity index (χ2v) is 8.64. The molecule has 3 aromatic rings. The van der Waals surface area contributed by atoms with Gasteiger partial charge in [0.1, 0.15) is 11.0 Å². The Kier molecular flexibility index (Phi) is 4.60. The Bertz CT molecular complexity index is 1090. The van der Waals surface area contributed by atoms with E-state index in [-0.39, 0.29) is 29.6 Å². The molecular weight excluding hydrogens is 380 g/mol. The molecule has 144 valence electrons. The lowest BCUT2D eigenvalue weighted by atomic mass is 10.2. The number of likely N-dealkylation sites (tertiary alicyclic amines) is 1. The summed E-state index contributed by atoms with van der Waals surface area (Å²) in [5.74, 6) is 0.259. The van der Waals surface area contributed by atoms with Crippen molar-refractivity contribution >= 4 is 15.7 Å². The topological polar surface area (TPSA) is 94.4 Å². The van der Waals surface area contributed by atoms with Gasteiger partial charge in [-0.15, -0.1) is 5.10 Å². The molecule has 8 nitrogen and oxygen atoms in total. The number of hydrogen-bond donors (Lipinski definition) is 0. The maximum Gasteiger partial charge on any atom is 0.276 e. The number of rotatable bonds is 5. The summed E-state index contributed by atoms with van der Waals surface area (Å²) in [5, 5.41) is 7.68. The summed E-state index contributed by atoms with van der Waals surface area (Å²) in [6.07, 6.45) is 1.39. The highest BCUT2D eigenvalue weighted by atomic mass is 32.2. The van der Waals surface area contributed by atoms with Gasteiger partial charge in [0.05, 0.1) is 23.9 Å².